The van der Waals surface area contributed by atoms with Crippen LogP contribution in [-0.2, 0) is 17.8 Å². The lowest BCUT2D eigenvalue weighted by molar-refractivity contribution is 0.202. The largest absolute Gasteiger partial charge is 0.487 e. The molecule has 0 unspecified atom stereocenters. The monoisotopic (exact) mass is 258 g/mol. The lowest BCUT2D eigenvalue weighted by Crippen LogP contribution is -2.00. The molecule has 0 spiro atoms. The summed E-state index contributed by atoms with van der Waals surface area (Å²) in [6.45, 7) is 1.15. The summed E-state index contributed by atoms with van der Waals surface area (Å²) >= 11 is 0. The molecule has 100 valence electrons. The van der Waals surface area contributed by atoms with Crippen LogP contribution in [0.4, 0.5) is 5.82 Å². The van der Waals surface area contributed by atoms with Crippen LogP contribution in [0.2, 0.25) is 0 Å². The van der Waals surface area contributed by atoms with Gasteiger partial charge in [-0.2, -0.15) is 0 Å². The van der Waals surface area contributed by atoms with Crippen molar-refractivity contribution in [1.29, 1.82) is 0 Å². The predicted octanol–water partition coefficient (Wildman–Crippen LogP) is 2.43. The van der Waals surface area contributed by atoms with Crippen LogP contribution in [0.1, 0.15) is 11.3 Å². The lowest BCUT2D eigenvalue weighted by atomic mass is 10.1. The molecular weight excluding hydrogens is 240 g/mol. The van der Waals surface area contributed by atoms with Gasteiger partial charge in [-0.05, 0) is 36.2 Å². The molecule has 0 atom stereocenters. The van der Waals surface area contributed by atoms with Crippen molar-refractivity contribution in [3.8, 4) is 5.75 Å². The van der Waals surface area contributed by atoms with Crippen molar-refractivity contribution in [3.63, 3.8) is 0 Å². The van der Waals surface area contributed by atoms with Crippen molar-refractivity contribution in [1.82, 2.24) is 4.98 Å². The minimum Gasteiger partial charge on any atom is -0.487 e. The van der Waals surface area contributed by atoms with Gasteiger partial charge in [0.05, 0.1) is 12.3 Å². The maximum Gasteiger partial charge on any atom is 0.130 e. The van der Waals surface area contributed by atoms with E-state index in [9.17, 15) is 0 Å². The fraction of sp³-hybridized carbons (Fsp3) is 0.267. The Morgan fingerprint density at radius 3 is 2.58 bits per heavy atom. The number of hydrogen-bond acceptors (Lipinski definition) is 4. The summed E-state index contributed by atoms with van der Waals surface area (Å²) in [7, 11) is 1.70. The Hall–Kier alpha value is -2.07. The number of pyridine rings is 1. The number of nitrogen functional groups attached to an aromatic ring is 1. The first-order chi connectivity index (χ1) is 9.28. The number of hydrogen-bond donors (Lipinski definition) is 1. The highest BCUT2D eigenvalue weighted by molar-refractivity contribution is 5.30. The second kappa shape index (κ2) is 6.75. The zero-order valence-corrected chi connectivity index (χ0v) is 11.0. The van der Waals surface area contributed by atoms with Crippen molar-refractivity contribution < 1.29 is 9.47 Å². The maximum absolute atomic E-state index is 5.66. The van der Waals surface area contributed by atoms with Crippen molar-refractivity contribution in [3.05, 3.63) is 53.7 Å². The quantitative estimate of drug-likeness (QED) is 0.864. The molecule has 1 aromatic carbocycles. The number of nitrogens with zero attached hydrogens (tertiary/aromatic N) is 1. The summed E-state index contributed by atoms with van der Waals surface area (Å²) in [6.07, 6.45) is 0.910. The van der Waals surface area contributed by atoms with Crippen molar-refractivity contribution in [2.75, 3.05) is 19.5 Å². The number of rotatable bonds is 6. The molecule has 4 heteroatoms. The van der Waals surface area contributed by atoms with Gasteiger partial charge in [-0.25, -0.2) is 4.98 Å². The van der Waals surface area contributed by atoms with E-state index in [1.54, 1.807) is 13.2 Å². The van der Waals surface area contributed by atoms with Gasteiger partial charge < -0.3 is 15.2 Å². The Labute approximate surface area is 113 Å². The zero-order chi connectivity index (χ0) is 13.5. The third kappa shape index (κ3) is 4.26. The van der Waals surface area contributed by atoms with Crippen LogP contribution in [-0.4, -0.2) is 18.7 Å². The van der Waals surface area contributed by atoms with Gasteiger partial charge in [0.25, 0.3) is 0 Å². The van der Waals surface area contributed by atoms with Gasteiger partial charge in [-0.1, -0.05) is 18.2 Å². The SMILES string of the molecule is COCCc1ccc(OCc2cccc(N)n2)cc1. The highest BCUT2D eigenvalue weighted by atomic mass is 16.5. The molecule has 0 saturated heterocycles. The molecule has 0 aliphatic carbocycles. The fourth-order valence-corrected chi connectivity index (χ4v) is 1.71. The summed E-state index contributed by atoms with van der Waals surface area (Å²) in [6, 6.07) is 13.5. The highest BCUT2D eigenvalue weighted by Crippen LogP contribution is 2.14. The van der Waals surface area contributed by atoms with Gasteiger partial charge in [0.15, 0.2) is 0 Å². The number of ether oxygens (including phenoxy) is 2. The summed E-state index contributed by atoms with van der Waals surface area (Å²) < 4.78 is 10.7. The van der Waals surface area contributed by atoms with Crippen LogP contribution >= 0.6 is 0 Å². The number of nitrogens with two attached hydrogens (primary N) is 1. The molecule has 2 aromatic rings. The molecule has 4 nitrogen and oxygen atoms in total. The molecule has 0 fully saturated rings. The van der Waals surface area contributed by atoms with Gasteiger partial charge in [0.1, 0.15) is 18.2 Å². The van der Waals surface area contributed by atoms with Gasteiger partial charge in [-0.3, -0.25) is 0 Å². The van der Waals surface area contributed by atoms with E-state index in [1.165, 1.54) is 5.56 Å². The topological polar surface area (TPSA) is 57.4 Å². The Kier molecular flexibility index (Phi) is 4.75. The fourth-order valence-electron chi connectivity index (χ4n) is 1.71. The predicted molar refractivity (Wildman–Crippen MR) is 75.0 cm³/mol. The van der Waals surface area contributed by atoms with Gasteiger partial charge in [0.2, 0.25) is 0 Å². The molecule has 0 bridgehead atoms. The van der Waals surface area contributed by atoms with Crippen LogP contribution < -0.4 is 10.5 Å². The van der Waals surface area contributed by atoms with E-state index in [1.807, 2.05) is 36.4 Å². The number of methoxy groups -OCH3 is 1. The van der Waals surface area contributed by atoms with E-state index in [0.717, 1.165) is 24.5 Å². The molecule has 0 amide bonds. The van der Waals surface area contributed by atoms with Crippen LogP contribution in [0.25, 0.3) is 0 Å². The van der Waals surface area contributed by atoms with E-state index in [-0.39, 0.29) is 0 Å². The molecule has 0 radical (unpaired) electrons. The second-order valence-corrected chi connectivity index (χ2v) is 4.23. The number of benzene rings is 1. The second-order valence-electron chi connectivity index (χ2n) is 4.23. The number of aromatic nitrogens is 1. The smallest absolute Gasteiger partial charge is 0.130 e. The Bertz CT molecular complexity index is 512. The molecule has 2 N–H and O–H groups in total. The third-order valence-electron chi connectivity index (χ3n) is 2.73. The van der Waals surface area contributed by atoms with Crippen molar-refractivity contribution >= 4 is 5.82 Å². The Morgan fingerprint density at radius 1 is 1.11 bits per heavy atom. The first-order valence-electron chi connectivity index (χ1n) is 6.20. The van der Waals surface area contributed by atoms with Gasteiger partial charge in [-0.15, -0.1) is 0 Å². The van der Waals surface area contributed by atoms with Crippen LogP contribution in [0.3, 0.4) is 0 Å². The normalized spacial score (nSPS) is 10.4. The standard InChI is InChI=1S/C15H18N2O2/c1-18-10-9-12-5-7-14(8-6-12)19-11-13-3-2-4-15(16)17-13/h2-8H,9-11H2,1H3,(H2,16,17). The highest BCUT2D eigenvalue weighted by Gasteiger charge is 1.99. The molecule has 1 heterocycles. The van der Waals surface area contributed by atoms with Gasteiger partial charge in [0, 0.05) is 7.11 Å². The molecule has 2 rings (SSSR count). The van der Waals surface area contributed by atoms with Crippen molar-refractivity contribution in [2.45, 2.75) is 13.0 Å². The average molecular weight is 258 g/mol. The summed E-state index contributed by atoms with van der Waals surface area (Å²) in [4.78, 5) is 4.18. The lowest BCUT2D eigenvalue weighted by Gasteiger charge is -2.07. The van der Waals surface area contributed by atoms with Crippen LogP contribution in [0.5, 0.6) is 5.75 Å². The van der Waals surface area contributed by atoms with Gasteiger partial charge >= 0.3 is 0 Å². The molecule has 1 aromatic heterocycles. The molecule has 19 heavy (non-hydrogen) atoms. The molecule has 0 aliphatic rings. The molecular formula is C15H18N2O2. The molecule has 0 aliphatic heterocycles. The first-order valence-corrected chi connectivity index (χ1v) is 6.20. The minimum atomic E-state index is 0.419. The zero-order valence-electron chi connectivity index (χ0n) is 11.0. The van der Waals surface area contributed by atoms with E-state index >= 15 is 0 Å². The Morgan fingerprint density at radius 2 is 1.89 bits per heavy atom. The van der Waals surface area contributed by atoms with E-state index < -0.39 is 0 Å². The van der Waals surface area contributed by atoms with E-state index in [4.69, 9.17) is 15.2 Å². The van der Waals surface area contributed by atoms with Crippen molar-refractivity contribution in [2.24, 2.45) is 0 Å². The van der Waals surface area contributed by atoms with Crippen LogP contribution in [0.15, 0.2) is 42.5 Å². The Balaban J connectivity index is 1.89. The summed E-state index contributed by atoms with van der Waals surface area (Å²) in [5, 5.41) is 0. The average Bonchev–Trinajstić information content (AvgIpc) is 2.44. The maximum atomic E-state index is 5.66. The van der Waals surface area contributed by atoms with E-state index in [2.05, 4.69) is 4.98 Å². The van der Waals surface area contributed by atoms with E-state index in [0.29, 0.717) is 12.4 Å². The third-order valence-corrected chi connectivity index (χ3v) is 2.73. The molecule has 0 saturated carbocycles. The first kappa shape index (κ1) is 13.4. The minimum absolute atomic E-state index is 0.419. The summed E-state index contributed by atoms with van der Waals surface area (Å²) in [5.74, 6) is 1.33. The summed E-state index contributed by atoms with van der Waals surface area (Å²) in [5.41, 5.74) is 7.67. The van der Waals surface area contributed by atoms with Crippen LogP contribution in [0, 0.1) is 0 Å². The number of anilines is 1.